The zero-order valence-electron chi connectivity index (χ0n) is 14.8. The fourth-order valence-corrected chi connectivity index (χ4v) is 2.62. The first-order chi connectivity index (χ1) is 13.5. The lowest BCUT2D eigenvalue weighted by molar-refractivity contribution is 0.0953. The van der Waals surface area contributed by atoms with Crippen LogP contribution in [0, 0.1) is 5.82 Å². The molecule has 2 amide bonds. The minimum Gasteiger partial charge on any atom is -0.352 e. The van der Waals surface area contributed by atoms with Gasteiger partial charge in [-0.2, -0.15) is 0 Å². The van der Waals surface area contributed by atoms with Crippen LogP contribution in [-0.2, 0) is 6.42 Å². The molecule has 5 nitrogen and oxygen atoms in total. The molecule has 1 heterocycles. The van der Waals surface area contributed by atoms with Crippen molar-refractivity contribution in [1.29, 1.82) is 0 Å². The van der Waals surface area contributed by atoms with Crippen LogP contribution in [-0.4, -0.2) is 23.3 Å². The maximum Gasteiger partial charge on any atom is 0.257 e. The molecule has 0 aliphatic rings. The van der Waals surface area contributed by atoms with Crippen molar-refractivity contribution in [3.8, 4) is 0 Å². The van der Waals surface area contributed by atoms with Crippen LogP contribution in [0.3, 0.4) is 0 Å². The topological polar surface area (TPSA) is 71.1 Å². The van der Waals surface area contributed by atoms with Gasteiger partial charge in [-0.3, -0.25) is 14.6 Å². The number of anilines is 1. The maximum atomic E-state index is 12.9. The number of pyridine rings is 1. The van der Waals surface area contributed by atoms with Gasteiger partial charge in [-0.05, 0) is 54.4 Å². The average molecular weight is 398 g/mol. The summed E-state index contributed by atoms with van der Waals surface area (Å²) in [5.41, 5.74) is 2.04. The number of nitrogens with one attached hydrogen (secondary N) is 2. The molecule has 0 bridgehead atoms. The molecule has 0 saturated heterocycles. The third kappa shape index (κ3) is 5.37. The summed E-state index contributed by atoms with van der Waals surface area (Å²) in [7, 11) is 0. The van der Waals surface area contributed by atoms with Gasteiger partial charge < -0.3 is 10.6 Å². The van der Waals surface area contributed by atoms with E-state index in [2.05, 4.69) is 15.6 Å². The van der Waals surface area contributed by atoms with Crippen LogP contribution >= 0.6 is 11.6 Å². The smallest absolute Gasteiger partial charge is 0.257 e. The zero-order chi connectivity index (χ0) is 19.9. The first-order valence-corrected chi connectivity index (χ1v) is 8.94. The van der Waals surface area contributed by atoms with Gasteiger partial charge in [-0.15, -0.1) is 0 Å². The molecule has 0 aliphatic heterocycles. The predicted molar refractivity (Wildman–Crippen MR) is 106 cm³/mol. The number of carbonyl (C=O) groups excluding carboxylic acids is 2. The molecule has 0 fully saturated rings. The highest BCUT2D eigenvalue weighted by atomic mass is 35.5. The minimum atomic E-state index is -0.379. The summed E-state index contributed by atoms with van der Waals surface area (Å²) in [6.07, 6.45) is 3.35. The van der Waals surface area contributed by atoms with E-state index in [1.807, 2.05) is 0 Å². The molecule has 0 unspecified atom stereocenters. The Bertz CT molecular complexity index is 976. The highest BCUT2D eigenvalue weighted by molar-refractivity contribution is 6.30. The molecular formula is C21H17ClFN3O2. The third-order valence-electron chi connectivity index (χ3n) is 3.98. The van der Waals surface area contributed by atoms with Gasteiger partial charge in [0.25, 0.3) is 11.8 Å². The van der Waals surface area contributed by atoms with E-state index in [9.17, 15) is 14.0 Å². The summed E-state index contributed by atoms with van der Waals surface area (Å²) < 4.78 is 12.9. The number of carbonyl (C=O) groups is 2. The fraction of sp³-hybridized carbons (Fsp3) is 0.0952. The molecule has 142 valence electrons. The van der Waals surface area contributed by atoms with Gasteiger partial charge in [0, 0.05) is 29.6 Å². The number of halogens is 2. The number of amides is 2. The number of aromatic nitrogens is 1. The molecule has 1 aromatic heterocycles. The summed E-state index contributed by atoms with van der Waals surface area (Å²) in [6, 6.07) is 14.3. The molecular weight excluding hydrogens is 381 g/mol. The monoisotopic (exact) mass is 397 g/mol. The predicted octanol–water partition coefficient (Wildman–Crippen LogP) is 4.10. The number of rotatable bonds is 6. The highest BCUT2D eigenvalue weighted by Gasteiger charge is 2.11. The van der Waals surface area contributed by atoms with Crippen LogP contribution < -0.4 is 10.6 Å². The number of hydrogen-bond acceptors (Lipinski definition) is 3. The molecule has 7 heteroatoms. The molecule has 0 radical (unpaired) electrons. The van der Waals surface area contributed by atoms with E-state index in [0.29, 0.717) is 23.7 Å². The van der Waals surface area contributed by atoms with E-state index < -0.39 is 0 Å². The van der Waals surface area contributed by atoms with E-state index in [1.54, 1.807) is 36.4 Å². The van der Waals surface area contributed by atoms with E-state index in [0.717, 1.165) is 5.56 Å². The Hall–Kier alpha value is -3.25. The van der Waals surface area contributed by atoms with Gasteiger partial charge in [-0.25, -0.2) is 4.39 Å². The first kappa shape index (κ1) is 19.5. The molecule has 3 rings (SSSR count). The quantitative estimate of drug-likeness (QED) is 0.657. The largest absolute Gasteiger partial charge is 0.352 e. The van der Waals surface area contributed by atoms with Gasteiger partial charge in [0.1, 0.15) is 5.82 Å². The molecule has 0 saturated carbocycles. The molecule has 0 spiro atoms. The molecule has 2 aromatic carbocycles. The van der Waals surface area contributed by atoms with Gasteiger partial charge in [0.2, 0.25) is 0 Å². The lowest BCUT2D eigenvalue weighted by Crippen LogP contribution is -2.26. The van der Waals surface area contributed by atoms with Crippen LogP contribution in [0.1, 0.15) is 26.3 Å². The van der Waals surface area contributed by atoms with Crippen LogP contribution in [0.5, 0.6) is 0 Å². The second-order valence-corrected chi connectivity index (χ2v) is 6.49. The van der Waals surface area contributed by atoms with Crippen LogP contribution in [0.25, 0.3) is 0 Å². The van der Waals surface area contributed by atoms with Crippen molar-refractivity contribution in [3.05, 3.63) is 94.5 Å². The SMILES string of the molecule is O=C(NCCc1ccc(F)cc1)c1cncc(C(=O)Nc2ccc(Cl)cc2)c1. The lowest BCUT2D eigenvalue weighted by atomic mass is 10.1. The lowest BCUT2D eigenvalue weighted by Gasteiger charge is -2.08. The third-order valence-corrected chi connectivity index (χ3v) is 4.23. The average Bonchev–Trinajstić information content (AvgIpc) is 2.71. The Kier molecular flexibility index (Phi) is 6.34. The summed E-state index contributed by atoms with van der Waals surface area (Å²) in [6.45, 7) is 0.381. The van der Waals surface area contributed by atoms with Gasteiger partial charge in [0.15, 0.2) is 0 Å². The molecule has 2 N–H and O–H groups in total. The minimum absolute atomic E-state index is 0.265. The summed E-state index contributed by atoms with van der Waals surface area (Å²) in [5.74, 6) is -1.01. The molecule has 0 atom stereocenters. The van der Waals surface area contributed by atoms with Crippen molar-refractivity contribution >= 4 is 29.1 Å². The van der Waals surface area contributed by atoms with Crippen molar-refractivity contribution in [1.82, 2.24) is 10.3 Å². The Morgan fingerprint density at radius 1 is 0.929 bits per heavy atom. The summed E-state index contributed by atoms with van der Waals surface area (Å²) in [5, 5.41) is 6.05. The van der Waals surface area contributed by atoms with Crippen LogP contribution in [0.2, 0.25) is 5.02 Å². The van der Waals surface area contributed by atoms with Gasteiger partial charge in [0.05, 0.1) is 11.1 Å². The van der Waals surface area contributed by atoms with Crippen molar-refractivity contribution in [2.45, 2.75) is 6.42 Å². The summed E-state index contributed by atoms with van der Waals surface area (Å²) in [4.78, 5) is 28.6. The van der Waals surface area contributed by atoms with E-state index in [-0.39, 0.29) is 28.8 Å². The zero-order valence-corrected chi connectivity index (χ0v) is 15.5. The second-order valence-electron chi connectivity index (χ2n) is 6.06. The number of benzene rings is 2. The Balaban J connectivity index is 1.58. The Morgan fingerprint density at radius 2 is 1.57 bits per heavy atom. The number of nitrogens with zero attached hydrogens (tertiary/aromatic N) is 1. The molecule has 0 aliphatic carbocycles. The van der Waals surface area contributed by atoms with E-state index in [4.69, 9.17) is 11.6 Å². The second kappa shape index (κ2) is 9.10. The van der Waals surface area contributed by atoms with Crippen molar-refractivity contribution < 1.29 is 14.0 Å². The first-order valence-electron chi connectivity index (χ1n) is 8.56. The molecule has 28 heavy (non-hydrogen) atoms. The summed E-state index contributed by atoms with van der Waals surface area (Å²) >= 11 is 5.82. The van der Waals surface area contributed by atoms with Crippen molar-refractivity contribution in [2.24, 2.45) is 0 Å². The highest BCUT2D eigenvalue weighted by Crippen LogP contribution is 2.14. The maximum absolute atomic E-state index is 12.9. The van der Waals surface area contributed by atoms with Crippen LogP contribution in [0.15, 0.2) is 67.0 Å². The molecule has 3 aromatic rings. The number of hydrogen-bond donors (Lipinski definition) is 2. The van der Waals surface area contributed by atoms with Crippen LogP contribution in [0.4, 0.5) is 10.1 Å². The van der Waals surface area contributed by atoms with Crippen molar-refractivity contribution in [2.75, 3.05) is 11.9 Å². The van der Waals surface area contributed by atoms with E-state index in [1.165, 1.54) is 30.6 Å². The fourth-order valence-electron chi connectivity index (χ4n) is 2.50. The Labute approximate surface area is 166 Å². The van der Waals surface area contributed by atoms with Crippen molar-refractivity contribution in [3.63, 3.8) is 0 Å². The van der Waals surface area contributed by atoms with E-state index >= 15 is 0 Å². The Morgan fingerprint density at radius 3 is 2.25 bits per heavy atom. The standard InChI is InChI=1S/C21H17ClFN3O2/c22-17-3-7-19(8-4-17)26-21(28)16-11-15(12-24-13-16)20(27)25-10-9-14-1-5-18(23)6-2-14/h1-8,11-13H,9-10H2,(H,25,27)(H,26,28). The van der Waals surface area contributed by atoms with Gasteiger partial charge in [-0.1, -0.05) is 23.7 Å². The normalized spacial score (nSPS) is 10.4. The van der Waals surface area contributed by atoms with Gasteiger partial charge >= 0.3 is 0 Å².